The Morgan fingerprint density at radius 2 is 1.75 bits per heavy atom. The van der Waals surface area contributed by atoms with Crippen LogP contribution in [0, 0.1) is 5.82 Å². The average Bonchev–Trinajstić information content (AvgIpc) is 3.50. The number of benzene rings is 2. The molecule has 36 heavy (non-hydrogen) atoms. The molecule has 0 aliphatic heterocycles. The summed E-state index contributed by atoms with van der Waals surface area (Å²) in [6.07, 6.45) is -2.03. The molecule has 0 saturated carbocycles. The van der Waals surface area contributed by atoms with Crippen LogP contribution >= 0.6 is 0 Å². The van der Waals surface area contributed by atoms with E-state index < -0.39 is 28.0 Å². The number of carboxylic acids is 1. The molecule has 4 rings (SSSR count). The van der Waals surface area contributed by atoms with Crippen LogP contribution in [0.4, 0.5) is 17.6 Å². The zero-order chi connectivity index (χ0) is 26.5. The fourth-order valence-electron chi connectivity index (χ4n) is 3.23. The van der Waals surface area contributed by atoms with Crippen LogP contribution in [0.3, 0.4) is 0 Å². The van der Waals surface area contributed by atoms with E-state index in [9.17, 15) is 26.0 Å². The number of hydrogen-bond acceptors (Lipinski definition) is 5. The number of hydrogen-bond donors (Lipinski definition) is 2. The predicted octanol–water partition coefficient (Wildman–Crippen LogP) is 5.14. The van der Waals surface area contributed by atoms with E-state index in [1.54, 1.807) is 61.6 Å². The number of nitrogens with zero attached hydrogens (tertiary/aromatic N) is 1. The van der Waals surface area contributed by atoms with Crippen LogP contribution in [-0.2, 0) is 21.4 Å². The molecule has 0 fully saturated rings. The number of carboxylic acid groups (broad SMARTS) is 1. The van der Waals surface area contributed by atoms with E-state index in [0.717, 1.165) is 9.54 Å². The van der Waals surface area contributed by atoms with Gasteiger partial charge in [-0.1, -0.05) is 24.3 Å². The molecule has 0 aliphatic rings. The average molecular weight is 524 g/mol. The predicted molar refractivity (Wildman–Crippen MR) is 123 cm³/mol. The molecule has 7 nitrogen and oxygen atoms in total. The zero-order valence-corrected chi connectivity index (χ0v) is 19.5. The van der Waals surface area contributed by atoms with Gasteiger partial charge in [-0.05, 0) is 55.1 Å². The van der Waals surface area contributed by atoms with Gasteiger partial charge in [0.2, 0.25) is 0 Å². The standard InChI is InChI=1S/C22H19FN2O3S.C2HF3O2/c1-24-14-16-12-21(19-8-2-3-9-20(19)23)25(15-16)29(26,27)18-7-4-6-17(13-18)22-10-5-11-28-22;3-2(4,5)1(6)7/h2-13,15,24H,14H2,1H3;(H,6,7). The maximum absolute atomic E-state index is 14.5. The van der Waals surface area contributed by atoms with Crippen molar-refractivity contribution in [3.05, 3.63) is 90.6 Å². The summed E-state index contributed by atoms with van der Waals surface area (Å²) in [5.41, 5.74) is 1.88. The Morgan fingerprint density at radius 1 is 1.06 bits per heavy atom. The van der Waals surface area contributed by atoms with Crippen molar-refractivity contribution in [3.8, 4) is 22.6 Å². The molecule has 190 valence electrons. The number of rotatable bonds is 6. The Bertz CT molecular complexity index is 1450. The van der Waals surface area contributed by atoms with E-state index in [-0.39, 0.29) is 16.2 Å². The van der Waals surface area contributed by atoms with Crippen LogP contribution in [0.25, 0.3) is 22.6 Å². The molecule has 0 atom stereocenters. The summed E-state index contributed by atoms with van der Waals surface area (Å²) >= 11 is 0. The van der Waals surface area contributed by atoms with E-state index in [1.807, 2.05) is 0 Å². The second-order valence-electron chi connectivity index (χ2n) is 7.35. The fraction of sp³-hybridized carbons (Fsp3) is 0.125. The van der Waals surface area contributed by atoms with Crippen LogP contribution < -0.4 is 5.32 Å². The number of halogens is 4. The number of alkyl halides is 3. The van der Waals surface area contributed by atoms with Crippen molar-refractivity contribution in [2.24, 2.45) is 0 Å². The quantitative estimate of drug-likeness (QED) is 0.339. The molecule has 0 spiro atoms. The van der Waals surface area contributed by atoms with Gasteiger partial charge in [-0.2, -0.15) is 13.2 Å². The molecule has 2 heterocycles. The monoisotopic (exact) mass is 524 g/mol. The minimum Gasteiger partial charge on any atom is -0.475 e. The van der Waals surface area contributed by atoms with Gasteiger partial charge in [0.25, 0.3) is 10.0 Å². The van der Waals surface area contributed by atoms with Crippen molar-refractivity contribution in [2.75, 3.05) is 7.05 Å². The van der Waals surface area contributed by atoms with Gasteiger partial charge in [-0.25, -0.2) is 21.6 Å². The van der Waals surface area contributed by atoms with Gasteiger partial charge in [0.1, 0.15) is 11.6 Å². The molecule has 12 heteroatoms. The molecule has 0 unspecified atom stereocenters. The summed E-state index contributed by atoms with van der Waals surface area (Å²) in [5.74, 6) is -2.67. The number of aliphatic carboxylic acids is 1. The van der Waals surface area contributed by atoms with Crippen LogP contribution in [0.1, 0.15) is 5.56 Å². The summed E-state index contributed by atoms with van der Waals surface area (Å²) in [5, 5.41) is 10.1. The lowest BCUT2D eigenvalue weighted by molar-refractivity contribution is -0.192. The molecule has 4 aromatic rings. The highest BCUT2D eigenvalue weighted by Gasteiger charge is 2.38. The highest BCUT2D eigenvalue weighted by atomic mass is 32.2. The van der Waals surface area contributed by atoms with E-state index in [4.69, 9.17) is 14.3 Å². The van der Waals surface area contributed by atoms with Gasteiger partial charge in [0.15, 0.2) is 0 Å². The first-order chi connectivity index (χ1) is 16.9. The number of aromatic nitrogens is 1. The highest BCUT2D eigenvalue weighted by molar-refractivity contribution is 7.90. The molecule has 0 aliphatic carbocycles. The summed E-state index contributed by atoms with van der Waals surface area (Å²) in [6, 6.07) is 17.8. The first-order valence-electron chi connectivity index (χ1n) is 10.3. The first-order valence-corrected chi connectivity index (χ1v) is 11.7. The molecule has 2 aromatic carbocycles. The van der Waals surface area contributed by atoms with Crippen molar-refractivity contribution >= 4 is 16.0 Å². The van der Waals surface area contributed by atoms with Gasteiger partial charge in [-0.15, -0.1) is 0 Å². The second kappa shape index (κ2) is 10.8. The molecule has 0 saturated heterocycles. The maximum Gasteiger partial charge on any atom is 0.490 e. The smallest absolute Gasteiger partial charge is 0.475 e. The third-order valence-corrected chi connectivity index (χ3v) is 6.48. The van der Waals surface area contributed by atoms with E-state index >= 15 is 0 Å². The Hall–Kier alpha value is -3.90. The lowest BCUT2D eigenvalue weighted by Gasteiger charge is -2.12. The fourth-order valence-corrected chi connectivity index (χ4v) is 4.67. The number of furan rings is 1. The largest absolute Gasteiger partial charge is 0.490 e. The minimum atomic E-state index is -5.08. The third-order valence-electron chi connectivity index (χ3n) is 4.81. The van der Waals surface area contributed by atoms with Crippen molar-refractivity contribution in [1.82, 2.24) is 9.29 Å². The molecule has 2 N–H and O–H groups in total. The summed E-state index contributed by atoms with van der Waals surface area (Å²) in [7, 11) is -2.20. The molecule has 0 amide bonds. The van der Waals surface area contributed by atoms with Gasteiger partial charge in [0, 0.05) is 23.9 Å². The minimum absolute atomic E-state index is 0.0931. The van der Waals surface area contributed by atoms with Crippen LogP contribution in [0.5, 0.6) is 0 Å². The highest BCUT2D eigenvalue weighted by Crippen LogP contribution is 2.30. The Labute approximate surface area is 203 Å². The van der Waals surface area contributed by atoms with Crippen molar-refractivity contribution in [1.29, 1.82) is 0 Å². The van der Waals surface area contributed by atoms with E-state index in [2.05, 4.69) is 5.32 Å². The van der Waals surface area contributed by atoms with Gasteiger partial charge >= 0.3 is 12.1 Å². The normalized spacial score (nSPS) is 11.6. The van der Waals surface area contributed by atoms with Gasteiger partial charge in [-0.3, -0.25) is 0 Å². The van der Waals surface area contributed by atoms with Crippen molar-refractivity contribution < 1.29 is 40.3 Å². The van der Waals surface area contributed by atoms with E-state index in [1.165, 1.54) is 24.6 Å². The number of carbonyl (C=O) groups is 1. The number of nitrogens with one attached hydrogen (secondary N) is 1. The van der Waals surface area contributed by atoms with Crippen LogP contribution in [0.2, 0.25) is 0 Å². The third kappa shape index (κ3) is 6.01. The summed E-state index contributed by atoms with van der Waals surface area (Å²) < 4.78 is 79.6. The van der Waals surface area contributed by atoms with Crippen LogP contribution in [-0.4, -0.2) is 36.7 Å². The Balaban J connectivity index is 0.000000454. The lowest BCUT2D eigenvalue weighted by Crippen LogP contribution is -2.21. The SMILES string of the molecule is CNCc1cc(-c2ccccc2F)n(S(=O)(=O)c2cccc(-c3ccco3)c2)c1.O=C(O)C(F)(F)F. The first kappa shape index (κ1) is 26.7. The Kier molecular flexibility index (Phi) is 8.00. The Morgan fingerprint density at radius 3 is 2.33 bits per heavy atom. The molecular weight excluding hydrogens is 504 g/mol. The molecular formula is C24H20F4N2O5S. The maximum atomic E-state index is 14.5. The summed E-state index contributed by atoms with van der Waals surface area (Å²) in [4.78, 5) is 8.99. The molecule has 0 bridgehead atoms. The van der Waals surface area contributed by atoms with Crippen LogP contribution in [0.15, 0.2) is 88.5 Å². The topological polar surface area (TPSA) is 102 Å². The molecule has 2 aromatic heterocycles. The second-order valence-corrected chi connectivity index (χ2v) is 9.17. The van der Waals surface area contributed by atoms with E-state index in [0.29, 0.717) is 17.9 Å². The zero-order valence-electron chi connectivity index (χ0n) is 18.7. The lowest BCUT2D eigenvalue weighted by atomic mass is 10.1. The van der Waals surface area contributed by atoms with Crippen molar-refractivity contribution in [3.63, 3.8) is 0 Å². The summed E-state index contributed by atoms with van der Waals surface area (Å²) in [6.45, 7) is 0.455. The molecule has 0 radical (unpaired) electrons. The van der Waals surface area contributed by atoms with Gasteiger partial charge in [0.05, 0.1) is 16.9 Å². The van der Waals surface area contributed by atoms with Gasteiger partial charge < -0.3 is 14.8 Å². The van der Waals surface area contributed by atoms with Crippen molar-refractivity contribution in [2.45, 2.75) is 17.6 Å².